The number of ether oxygens (including phenoxy) is 2. The fraction of sp³-hybridized carbons (Fsp3) is 0.364. The summed E-state index contributed by atoms with van der Waals surface area (Å²) in [5, 5.41) is 13.4. The van der Waals surface area contributed by atoms with Crippen molar-refractivity contribution in [3.8, 4) is 5.75 Å². The molecule has 0 radical (unpaired) electrons. The smallest absolute Gasteiger partial charge is 0.342 e. The van der Waals surface area contributed by atoms with E-state index in [1.807, 2.05) is 0 Å². The number of methoxy groups -OCH3 is 1. The van der Waals surface area contributed by atoms with Crippen molar-refractivity contribution in [1.29, 1.82) is 0 Å². The van der Waals surface area contributed by atoms with Crippen molar-refractivity contribution in [3.05, 3.63) is 58.1 Å². The number of nitro benzene ring substituents is 1. The van der Waals surface area contributed by atoms with Crippen LogP contribution in [-0.4, -0.2) is 56.3 Å². The van der Waals surface area contributed by atoms with E-state index in [0.717, 1.165) is 25.7 Å². The summed E-state index contributed by atoms with van der Waals surface area (Å²) < 4.78 is 37.8. The molecule has 0 spiro atoms. The van der Waals surface area contributed by atoms with Crippen LogP contribution >= 0.6 is 0 Å². The van der Waals surface area contributed by atoms with Gasteiger partial charge in [-0.3, -0.25) is 14.9 Å². The molecule has 182 valence electrons. The summed E-state index contributed by atoms with van der Waals surface area (Å²) in [6.45, 7) is 0.0665. The lowest BCUT2D eigenvalue weighted by Crippen LogP contribution is -2.32. The van der Waals surface area contributed by atoms with E-state index in [1.54, 1.807) is 0 Å². The van der Waals surface area contributed by atoms with Crippen molar-refractivity contribution in [1.82, 2.24) is 4.31 Å². The number of esters is 1. The summed E-state index contributed by atoms with van der Waals surface area (Å²) in [6.07, 6.45) is 3.44. The van der Waals surface area contributed by atoms with Crippen LogP contribution in [0.25, 0.3) is 0 Å². The van der Waals surface area contributed by atoms with Gasteiger partial charge in [-0.05, 0) is 37.1 Å². The van der Waals surface area contributed by atoms with Crippen LogP contribution in [0.2, 0.25) is 0 Å². The number of amides is 1. The minimum atomic E-state index is -3.82. The lowest BCUT2D eigenvalue weighted by atomic mass is 10.2. The van der Waals surface area contributed by atoms with Gasteiger partial charge in [-0.25, -0.2) is 13.2 Å². The predicted octanol–water partition coefficient (Wildman–Crippen LogP) is 2.96. The summed E-state index contributed by atoms with van der Waals surface area (Å²) in [7, 11) is -2.51. The molecule has 1 N–H and O–H groups in total. The fourth-order valence-corrected chi connectivity index (χ4v) is 5.12. The summed E-state index contributed by atoms with van der Waals surface area (Å²) in [5.41, 5.74) is -0.510. The van der Waals surface area contributed by atoms with E-state index in [0.29, 0.717) is 13.1 Å². The predicted molar refractivity (Wildman–Crippen MR) is 122 cm³/mol. The molecule has 3 rings (SSSR count). The fourth-order valence-electron chi connectivity index (χ4n) is 3.57. The van der Waals surface area contributed by atoms with Crippen LogP contribution in [0.15, 0.2) is 47.4 Å². The third kappa shape index (κ3) is 5.88. The first-order valence-electron chi connectivity index (χ1n) is 10.6. The molecule has 11 nitrogen and oxygen atoms in total. The van der Waals surface area contributed by atoms with Gasteiger partial charge >= 0.3 is 5.97 Å². The molecule has 0 aliphatic carbocycles. The zero-order chi connectivity index (χ0) is 24.7. The molecule has 1 saturated heterocycles. The molecule has 1 fully saturated rings. The summed E-state index contributed by atoms with van der Waals surface area (Å²) in [4.78, 5) is 35.2. The molecule has 1 heterocycles. The Morgan fingerprint density at radius 1 is 1.09 bits per heavy atom. The maximum absolute atomic E-state index is 13.1. The van der Waals surface area contributed by atoms with Gasteiger partial charge < -0.3 is 14.8 Å². The molecular formula is C22H25N3O8S. The van der Waals surface area contributed by atoms with Gasteiger partial charge in [0.25, 0.3) is 11.6 Å². The molecule has 0 atom stereocenters. The topological polar surface area (TPSA) is 145 Å². The highest BCUT2D eigenvalue weighted by molar-refractivity contribution is 7.89. The average molecular weight is 492 g/mol. The highest BCUT2D eigenvalue weighted by Crippen LogP contribution is 2.27. The van der Waals surface area contributed by atoms with Crippen molar-refractivity contribution in [3.63, 3.8) is 0 Å². The number of carbonyl (C=O) groups is 2. The zero-order valence-electron chi connectivity index (χ0n) is 18.6. The Balaban J connectivity index is 1.74. The highest BCUT2D eigenvalue weighted by Gasteiger charge is 2.27. The molecule has 0 unspecified atom stereocenters. The minimum Gasteiger partial charge on any atom is -0.496 e. The Hall–Kier alpha value is -3.51. The van der Waals surface area contributed by atoms with Crippen molar-refractivity contribution in [2.24, 2.45) is 0 Å². The van der Waals surface area contributed by atoms with Crippen molar-refractivity contribution < 1.29 is 32.4 Å². The molecule has 2 aromatic rings. The second-order valence-corrected chi connectivity index (χ2v) is 9.52. The van der Waals surface area contributed by atoms with Gasteiger partial charge in [-0.2, -0.15) is 4.31 Å². The van der Waals surface area contributed by atoms with Gasteiger partial charge in [0.15, 0.2) is 6.61 Å². The second kappa shape index (κ2) is 11.1. The number of nitrogens with zero attached hydrogens (tertiary/aromatic N) is 2. The number of rotatable bonds is 8. The van der Waals surface area contributed by atoms with E-state index in [-0.39, 0.29) is 27.6 Å². The highest BCUT2D eigenvalue weighted by atomic mass is 32.2. The van der Waals surface area contributed by atoms with Crippen LogP contribution in [0.1, 0.15) is 36.0 Å². The third-order valence-corrected chi connectivity index (χ3v) is 7.20. The van der Waals surface area contributed by atoms with Crippen LogP contribution < -0.4 is 10.1 Å². The first-order valence-corrected chi connectivity index (χ1v) is 12.1. The molecular weight excluding hydrogens is 466 g/mol. The summed E-state index contributed by atoms with van der Waals surface area (Å²) in [6, 6.07) is 9.41. The van der Waals surface area contributed by atoms with Gasteiger partial charge in [-0.1, -0.05) is 25.0 Å². The van der Waals surface area contributed by atoms with Gasteiger partial charge in [0, 0.05) is 19.2 Å². The Bertz CT molecular complexity index is 1170. The molecule has 1 aliphatic rings. The van der Waals surface area contributed by atoms with Crippen LogP contribution in [-0.2, 0) is 19.6 Å². The van der Waals surface area contributed by atoms with Crippen LogP contribution in [0, 0.1) is 10.1 Å². The van der Waals surface area contributed by atoms with Crippen LogP contribution in [0.4, 0.5) is 11.4 Å². The molecule has 0 bridgehead atoms. The van der Waals surface area contributed by atoms with Gasteiger partial charge in [0.05, 0.1) is 16.9 Å². The molecule has 34 heavy (non-hydrogen) atoms. The standard InChI is InChI=1S/C22H25N3O8S/c1-32-20-11-10-16(34(30,31)24-12-6-2-3-7-13-24)14-17(20)22(27)33-15-21(26)23-18-8-4-5-9-19(18)25(28)29/h4-5,8-11,14H,2-3,6-7,12-13,15H2,1H3,(H,23,26). The zero-order valence-corrected chi connectivity index (χ0v) is 19.4. The van der Waals surface area contributed by atoms with Gasteiger partial charge in [0.2, 0.25) is 10.0 Å². The molecule has 1 amide bonds. The normalized spacial score (nSPS) is 14.6. The molecule has 0 saturated carbocycles. The summed E-state index contributed by atoms with van der Waals surface area (Å²) in [5.74, 6) is -1.68. The second-order valence-electron chi connectivity index (χ2n) is 7.58. The monoisotopic (exact) mass is 491 g/mol. The largest absolute Gasteiger partial charge is 0.496 e. The number of carbonyl (C=O) groups excluding carboxylic acids is 2. The first kappa shape index (κ1) is 25.1. The number of hydrogen-bond acceptors (Lipinski definition) is 8. The van der Waals surface area contributed by atoms with E-state index >= 15 is 0 Å². The quantitative estimate of drug-likeness (QED) is 0.337. The SMILES string of the molecule is COc1ccc(S(=O)(=O)N2CCCCCC2)cc1C(=O)OCC(=O)Nc1ccccc1[N+](=O)[O-]. The number of hydrogen-bond donors (Lipinski definition) is 1. The van der Waals surface area contributed by atoms with Crippen molar-refractivity contribution in [2.45, 2.75) is 30.6 Å². The Morgan fingerprint density at radius 3 is 2.41 bits per heavy atom. The van der Waals surface area contributed by atoms with Crippen molar-refractivity contribution >= 4 is 33.3 Å². The maximum atomic E-state index is 13.1. The molecule has 12 heteroatoms. The van der Waals surface area contributed by atoms with Gasteiger partial charge in [-0.15, -0.1) is 0 Å². The minimum absolute atomic E-state index is 0.0447. The Morgan fingerprint density at radius 2 is 1.76 bits per heavy atom. The molecule has 1 aliphatic heterocycles. The van der Waals surface area contributed by atoms with E-state index in [1.165, 1.54) is 53.9 Å². The maximum Gasteiger partial charge on any atom is 0.342 e. The number of sulfonamides is 1. The number of benzene rings is 2. The number of anilines is 1. The molecule has 0 aromatic heterocycles. The van der Waals surface area contributed by atoms with Crippen molar-refractivity contribution in [2.75, 3.05) is 32.1 Å². The number of nitrogens with one attached hydrogen (secondary N) is 1. The van der Waals surface area contributed by atoms with E-state index in [4.69, 9.17) is 9.47 Å². The van der Waals surface area contributed by atoms with Crippen LogP contribution in [0.3, 0.4) is 0 Å². The summed E-state index contributed by atoms with van der Waals surface area (Å²) >= 11 is 0. The Labute approximate surface area is 196 Å². The van der Waals surface area contributed by atoms with Gasteiger partial charge in [0.1, 0.15) is 17.0 Å². The van der Waals surface area contributed by atoms with Crippen LogP contribution in [0.5, 0.6) is 5.75 Å². The molecule has 2 aromatic carbocycles. The van der Waals surface area contributed by atoms with E-state index < -0.39 is 33.4 Å². The van der Waals surface area contributed by atoms with E-state index in [2.05, 4.69) is 5.32 Å². The number of nitro groups is 1. The average Bonchev–Trinajstić information content (AvgIpc) is 3.12. The van der Waals surface area contributed by atoms with E-state index in [9.17, 15) is 28.1 Å². The lowest BCUT2D eigenvalue weighted by molar-refractivity contribution is -0.383. The first-order chi connectivity index (χ1) is 16.2. The Kier molecular flexibility index (Phi) is 8.18. The lowest BCUT2D eigenvalue weighted by Gasteiger charge is -2.20. The third-order valence-electron chi connectivity index (χ3n) is 5.30. The number of para-hydroxylation sites is 2.